The molecule has 0 bridgehead atoms. The Bertz CT molecular complexity index is 488. The van der Waals surface area contributed by atoms with Gasteiger partial charge >= 0.3 is 0 Å². The minimum absolute atomic E-state index is 0.110. The van der Waals surface area contributed by atoms with E-state index in [-0.39, 0.29) is 6.10 Å². The fourth-order valence-corrected chi connectivity index (χ4v) is 2.71. The van der Waals surface area contributed by atoms with Gasteiger partial charge in [0.25, 0.3) is 5.91 Å². The monoisotopic (exact) mass is 311 g/mol. The van der Waals surface area contributed by atoms with Crippen molar-refractivity contribution < 1.29 is 9.53 Å². The minimum Gasteiger partial charge on any atom is -0.489 e. The second kappa shape index (κ2) is 7.64. The molecule has 1 heterocycles. The molecule has 0 saturated carbocycles. The zero-order valence-electron chi connectivity index (χ0n) is 12.1. The minimum atomic E-state index is -0.520. The Balaban J connectivity index is 1.93. The van der Waals surface area contributed by atoms with Gasteiger partial charge in [0, 0.05) is 18.1 Å². The molecule has 21 heavy (non-hydrogen) atoms. The molecule has 1 fully saturated rings. The van der Waals surface area contributed by atoms with Crippen LogP contribution in [0.2, 0.25) is 5.02 Å². The van der Waals surface area contributed by atoms with Crippen LogP contribution in [0.15, 0.2) is 18.2 Å². The number of benzene rings is 1. The van der Waals surface area contributed by atoms with Crippen molar-refractivity contribution in [3.05, 3.63) is 28.8 Å². The van der Waals surface area contributed by atoms with Crippen molar-refractivity contribution in [3.8, 4) is 5.75 Å². The third kappa shape index (κ3) is 4.59. The molecule has 5 nitrogen and oxygen atoms in total. The second-order valence-electron chi connectivity index (χ2n) is 5.31. The molecule has 0 aliphatic carbocycles. The quantitative estimate of drug-likeness (QED) is 0.836. The Hall–Kier alpha value is -1.30. The van der Waals surface area contributed by atoms with Crippen LogP contribution in [0, 0.1) is 0 Å². The normalized spacial score (nSPS) is 16.9. The topological polar surface area (TPSA) is 81.6 Å². The number of hydrogen-bond acceptors (Lipinski definition) is 4. The Kier molecular flexibility index (Phi) is 5.85. The summed E-state index contributed by atoms with van der Waals surface area (Å²) in [5.74, 6) is 0.000176. The van der Waals surface area contributed by atoms with E-state index in [9.17, 15) is 4.79 Å². The molecule has 1 amide bonds. The fraction of sp³-hybridized carbons (Fsp3) is 0.533. The molecule has 0 aromatic heterocycles. The van der Waals surface area contributed by atoms with Crippen LogP contribution in [-0.4, -0.2) is 43.1 Å². The Morgan fingerprint density at radius 3 is 2.71 bits per heavy atom. The number of halogens is 1. The van der Waals surface area contributed by atoms with Crippen molar-refractivity contribution in [2.75, 3.05) is 26.2 Å². The molecule has 2 rings (SSSR count). The number of ether oxygens (including phenoxy) is 1. The number of rotatable bonds is 6. The van der Waals surface area contributed by atoms with Crippen molar-refractivity contribution in [3.63, 3.8) is 0 Å². The first-order chi connectivity index (χ1) is 10.1. The van der Waals surface area contributed by atoms with Gasteiger partial charge in [0.2, 0.25) is 0 Å². The average molecular weight is 312 g/mol. The summed E-state index contributed by atoms with van der Waals surface area (Å²) in [6.45, 7) is 3.74. The van der Waals surface area contributed by atoms with Crippen molar-refractivity contribution >= 4 is 17.5 Å². The number of nitrogens with two attached hydrogens (primary N) is 2. The van der Waals surface area contributed by atoms with Gasteiger partial charge in [0.15, 0.2) is 0 Å². The van der Waals surface area contributed by atoms with E-state index >= 15 is 0 Å². The van der Waals surface area contributed by atoms with Gasteiger partial charge in [-0.25, -0.2) is 0 Å². The lowest BCUT2D eigenvalue weighted by Crippen LogP contribution is -2.39. The van der Waals surface area contributed by atoms with E-state index in [1.165, 1.54) is 0 Å². The number of amides is 1. The molecule has 0 atom stereocenters. The van der Waals surface area contributed by atoms with Crippen LogP contribution in [0.25, 0.3) is 0 Å². The lowest BCUT2D eigenvalue weighted by Gasteiger charge is -2.32. The van der Waals surface area contributed by atoms with E-state index in [4.69, 9.17) is 27.8 Å². The highest BCUT2D eigenvalue weighted by molar-refractivity contribution is 6.31. The lowest BCUT2D eigenvalue weighted by molar-refractivity contribution is 0.0935. The molecule has 0 unspecified atom stereocenters. The summed E-state index contributed by atoms with van der Waals surface area (Å²) >= 11 is 5.89. The number of carbonyl (C=O) groups excluding carboxylic acids is 1. The molecule has 1 aromatic carbocycles. The van der Waals surface area contributed by atoms with Crippen LogP contribution in [0.3, 0.4) is 0 Å². The summed E-state index contributed by atoms with van der Waals surface area (Å²) in [4.78, 5) is 13.8. The van der Waals surface area contributed by atoms with Gasteiger partial charge < -0.3 is 21.1 Å². The number of primary amides is 1. The number of carbonyl (C=O) groups is 1. The third-order valence-corrected chi connectivity index (χ3v) is 3.95. The summed E-state index contributed by atoms with van der Waals surface area (Å²) in [5.41, 5.74) is 11.2. The molecule has 1 aliphatic heterocycles. The molecule has 0 spiro atoms. The first kappa shape index (κ1) is 16.1. The van der Waals surface area contributed by atoms with Crippen LogP contribution in [-0.2, 0) is 0 Å². The highest BCUT2D eigenvalue weighted by Gasteiger charge is 2.21. The maximum absolute atomic E-state index is 11.4. The molecule has 1 saturated heterocycles. The summed E-state index contributed by atoms with van der Waals surface area (Å²) in [5, 5.41) is 0.479. The van der Waals surface area contributed by atoms with E-state index in [1.54, 1.807) is 18.2 Å². The van der Waals surface area contributed by atoms with Gasteiger partial charge in [-0.1, -0.05) is 11.6 Å². The molecule has 116 valence electrons. The maximum atomic E-state index is 11.4. The molecular formula is C15H22ClN3O2. The molecule has 1 aliphatic rings. The molecule has 4 N–H and O–H groups in total. The first-order valence-electron chi connectivity index (χ1n) is 7.28. The van der Waals surface area contributed by atoms with Gasteiger partial charge in [-0.2, -0.15) is 0 Å². The predicted octanol–water partition coefficient (Wildman–Crippen LogP) is 1.63. The van der Waals surface area contributed by atoms with Crippen molar-refractivity contribution in [2.45, 2.75) is 25.4 Å². The third-order valence-electron chi connectivity index (χ3n) is 3.71. The van der Waals surface area contributed by atoms with Crippen LogP contribution < -0.4 is 16.2 Å². The van der Waals surface area contributed by atoms with E-state index < -0.39 is 5.91 Å². The van der Waals surface area contributed by atoms with Crippen LogP contribution in [0.4, 0.5) is 0 Å². The maximum Gasteiger partial charge on any atom is 0.252 e. The second-order valence-corrected chi connectivity index (χ2v) is 5.74. The molecule has 6 heteroatoms. The fourth-order valence-electron chi connectivity index (χ4n) is 2.54. The standard InChI is InChI=1S/C15H22ClN3O2/c16-11-2-3-14(13(10-11)15(18)20)21-12-4-8-19(9-5-12)7-1-6-17/h2-3,10,12H,1,4-9,17H2,(H2,18,20). The Morgan fingerprint density at radius 2 is 2.10 bits per heavy atom. The van der Waals surface area contributed by atoms with Crippen molar-refractivity contribution in [2.24, 2.45) is 11.5 Å². The molecular weight excluding hydrogens is 290 g/mol. The van der Waals surface area contributed by atoms with Gasteiger partial charge in [-0.3, -0.25) is 4.79 Å². The highest BCUT2D eigenvalue weighted by Crippen LogP contribution is 2.26. The average Bonchev–Trinajstić information content (AvgIpc) is 2.48. The smallest absolute Gasteiger partial charge is 0.252 e. The first-order valence-corrected chi connectivity index (χ1v) is 7.66. The van der Waals surface area contributed by atoms with Crippen LogP contribution in [0.1, 0.15) is 29.6 Å². The van der Waals surface area contributed by atoms with E-state index in [0.717, 1.165) is 45.4 Å². The number of likely N-dealkylation sites (tertiary alicyclic amines) is 1. The van der Waals surface area contributed by atoms with Gasteiger partial charge in [-0.05, 0) is 50.6 Å². The lowest BCUT2D eigenvalue weighted by atomic mass is 10.1. The summed E-state index contributed by atoms with van der Waals surface area (Å²) in [6, 6.07) is 4.97. The SMILES string of the molecule is NCCCN1CCC(Oc2ccc(Cl)cc2C(N)=O)CC1. The van der Waals surface area contributed by atoms with Crippen LogP contribution in [0.5, 0.6) is 5.75 Å². The van der Waals surface area contributed by atoms with E-state index in [0.29, 0.717) is 16.3 Å². The van der Waals surface area contributed by atoms with E-state index in [2.05, 4.69) is 4.90 Å². The molecule has 1 aromatic rings. The predicted molar refractivity (Wildman–Crippen MR) is 83.7 cm³/mol. The molecule has 0 radical (unpaired) electrons. The van der Waals surface area contributed by atoms with Gasteiger partial charge in [0.1, 0.15) is 11.9 Å². The zero-order valence-corrected chi connectivity index (χ0v) is 12.8. The van der Waals surface area contributed by atoms with Crippen LogP contribution >= 0.6 is 11.6 Å². The summed E-state index contributed by atoms with van der Waals surface area (Å²) in [6.07, 6.45) is 3.00. The van der Waals surface area contributed by atoms with Gasteiger partial charge in [-0.15, -0.1) is 0 Å². The van der Waals surface area contributed by atoms with E-state index in [1.807, 2.05) is 0 Å². The summed E-state index contributed by atoms with van der Waals surface area (Å²) in [7, 11) is 0. The summed E-state index contributed by atoms with van der Waals surface area (Å²) < 4.78 is 5.94. The van der Waals surface area contributed by atoms with Crippen molar-refractivity contribution in [1.82, 2.24) is 4.90 Å². The van der Waals surface area contributed by atoms with Gasteiger partial charge in [0.05, 0.1) is 5.56 Å². The largest absolute Gasteiger partial charge is 0.489 e. The zero-order chi connectivity index (χ0) is 15.2. The number of hydrogen-bond donors (Lipinski definition) is 2. The Morgan fingerprint density at radius 1 is 1.38 bits per heavy atom. The number of piperidine rings is 1. The van der Waals surface area contributed by atoms with Crippen molar-refractivity contribution in [1.29, 1.82) is 0 Å². The Labute approximate surface area is 130 Å². The highest BCUT2D eigenvalue weighted by atomic mass is 35.5. The number of nitrogens with zero attached hydrogens (tertiary/aromatic N) is 1.